The summed E-state index contributed by atoms with van der Waals surface area (Å²) in [5.41, 5.74) is 16.4. The van der Waals surface area contributed by atoms with Crippen LogP contribution in [0.15, 0.2) is 12.4 Å². The molecule has 2 saturated heterocycles. The van der Waals surface area contributed by atoms with Gasteiger partial charge in [-0.2, -0.15) is 15.0 Å². The molecule has 2 fully saturated rings. The van der Waals surface area contributed by atoms with Crippen LogP contribution in [0, 0.1) is 18.3 Å². The van der Waals surface area contributed by atoms with Crippen LogP contribution in [-0.2, 0) is 36.6 Å². The minimum absolute atomic E-state index is 0. The normalized spacial score (nSPS) is 15.8. The molecule has 0 bridgehead atoms. The molecule has 0 spiro atoms. The van der Waals surface area contributed by atoms with Gasteiger partial charge in [0.15, 0.2) is 0 Å². The maximum atomic E-state index is 14.2. The monoisotopic (exact) mass is 974 g/mol. The SMILES string of the molecule is C#CCOCCOCCOCCNc1nc(N2CCN(C(=O)C(CCCC[NH3+])n3cc(CC(C)O)nn3)CC2)nc(N2CCN(C(=O)C(C(C)CC)n3cc(CCC[NH+]=C(N)N)nn3)CC2)n1.[Cl-]. The summed E-state index contributed by atoms with van der Waals surface area (Å²) in [5, 5.41) is 30.5. The summed E-state index contributed by atoms with van der Waals surface area (Å²) in [6, 6.07) is -1.01. The number of terminal acetylenes is 1. The molecule has 24 nitrogen and oxygen atoms in total. The number of unbranched alkanes of at least 4 members (excludes halogenated alkanes) is 1. The van der Waals surface area contributed by atoms with Crippen molar-refractivity contribution in [3.8, 4) is 12.3 Å². The Balaban J connectivity index is 0.0000101. The van der Waals surface area contributed by atoms with Crippen LogP contribution in [0.25, 0.3) is 0 Å². The van der Waals surface area contributed by atoms with Gasteiger partial charge < -0.3 is 62.4 Å². The number of halogens is 1. The number of quaternary nitrogens is 1. The summed E-state index contributed by atoms with van der Waals surface area (Å²) in [6.45, 7) is 13.9. The number of hydrogen-bond donors (Lipinski definition) is 6. The number of carbonyl (C=O) groups is 2. The number of aromatic nitrogens is 9. The lowest BCUT2D eigenvalue weighted by Crippen LogP contribution is -3.00. The number of carbonyl (C=O) groups excluding carboxylic acids is 2. The van der Waals surface area contributed by atoms with Crippen LogP contribution in [0.3, 0.4) is 0 Å². The first-order valence-corrected chi connectivity index (χ1v) is 23.7. The lowest BCUT2D eigenvalue weighted by atomic mass is 9.97. The van der Waals surface area contributed by atoms with E-state index in [0.717, 1.165) is 37.9 Å². The van der Waals surface area contributed by atoms with Gasteiger partial charge in [0.2, 0.25) is 29.7 Å². The fourth-order valence-corrected chi connectivity index (χ4v) is 7.83. The van der Waals surface area contributed by atoms with Gasteiger partial charge in [-0.05, 0) is 44.9 Å². The molecule has 2 aliphatic rings. The van der Waals surface area contributed by atoms with E-state index in [2.05, 4.69) is 66.2 Å². The van der Waals surface area contributed by atoms with Crippen LogP contribution >= 0.6 is 0 Å². The second kappa shape index (κ2) is 29.4. The van der Waals surface area contributed by atoms with Crippen LogP contribution in [0.1, 0.15) is 76.3 Å². The highest BCUT2D eigenvalue weighted by atomic mass is 35.5. The van der Waals surface area contributed by atoms with Crippen LogP contribution in [0.5, 0.6) is 0 Å². The van der Waals surface area contributed by atoms with Crippen LogP contribution < -0.4 is 49.7 Å². The molecule has 0 saturated carbocycles. The van der Waals surface area contributed by atoms with E-state index >= 15 is 0 Å². The summed E-state index contributed by atoms with van der Waals surface area (Å²) >= 11 is 0. The number of aliphatic hydroxyl groups is 1. The summed E-state index contributed by atoms with van der Waals surface area (Å²) < 4.78 is 19.9. The van der Waals surface area contributed by atoms with Crippen LogP contribution in [-0.4, -0.2) is 195 Å². The van der Waals surface area contributed by atoms with E-state index in [1.165, 1.54) is 0 Å². The third kappa shape index (κ3) is 17.3. The van der Waals surface area contributed by atoms with Crippen molar-refractivity contribution in [2.75, 3.05) is 127 Å². The molecule has 5 rings (SSSR count). The van der Waals surface area contributed by atoms with E-state index in [-0.39, 0.29) is 42.7 Å². The summed E-state index contributed by atoms with van der Waals surface area (Å²) in [6.07, 6.45) is 13.2. The maximum Gasteiger partial charge on any atom is 0.338 e. The molecule has 0 radical (unpaired) electrons. The molecule has 0 aromatic carbocycles. The molecule has 0 aliphatic carbocycles. The number of piperazine rings is 2. The zero-order valence-corrected chi connectivity index (χ0v) is 40.8. The average molecular weight is 975 g/mol. The molecule has 25 heteroatoms. The molecule has 3 aromatic heterocycles. The van der Waals surface area contributed by atoms with E-state index < -0.39 is 18.2 Å². The number of nitrogens with two attached hydrogens (primary N) is 2. The number of nitrogens with zero attached hydrogens (tertiary/aromatic N) is 13. The van der Waals surface area contributed by atoms with Gasteiger partial charge in [0, 0.05) is 77.7 Å². The highest BCUT2D eigenvalue weighted by molar-refractivity contribution is 5.81. The van der Waals surface area contributed by atoms with Crippen molar-refractivity contribution >= 4 is 35.6 Å². The van der Waals surface area contributed by atoms with Gasteiger partial charge in [0.05, 0.1) is 63.6 Å². The molecule has 4 atom stereocenters. The minimum Gasteiger partial charge on any atom is -1.00 e. The highest BCUT2D eigenvalue weighted by Crippen LogP contribution is 2.26. The Morgan fingerprint density at radius 3 is 2.03 bits per heavy atom. The van der Waals surface area contributed by atoms with Crippen molar-refractivity contribution in [2.45, 2.75) is 83.9 Å². The Morgan fingerprint density at radius 2 is 1.43 bits per heavy atom. The highest BCUT2D eigenvalue weighted by Gasteiger charge is 2.35. The van der Waals surface area contributed by atoms with Gasteiger partial charge in [-0.1, -0.05) is 36.6 Å². The van der Waals surface area contributed by atoms with E-state index in [1.807, 2.05) is 16.0 Å². The molecule has 4 unspecified atom stereocenters. The molecule has 2 amide bonds. The lowest BCUT2D eigenvalue weighted by molar-refractivity contribution is -0.459. The van der Waals surface area contributed by atoms with Crippen LogP contribution in [0.4, 0.5) is 17.8 Å². The standard InChI is InChI=1S/C43H72N18O6.ClH/c1-5-23-65-25-27-67-28-26-66-24-14-48-41-49-42(58-19-15-56(16-20-58)38(63)36(11-7-8-12-44)60-31-35(53-54-60)29-33(4)62)51-43(50-41)59-21-17-57(18-22-59)39(64)37(32(3)6-2)61-30-34(52-55-61)10-9-13-47-40(45)46;/h1,30-33,36-37,62H,6-29,44H2,2-4H3,(H4,45,46,47)(H,48,49,50,51);1H/p+1. The van der Waals surface area contributed by atoms with Crippen molar-refractivity contribution in [3.63, 3.8) is 0 Å². The average Bonchev–Trinajstić information content (AvgIpc) is 4.00. The van der Waals surface area contributed by atoms with Crippen LogP contribution in [0.2, 0.25) is 0 Å². The van der Waals surface area contributed by atoms with Gasteiger partial charge >= 0.3 is 5.96 Å². The predicted molar refractivity (Wildman–Crippen MR) is 249 cm³/mol. The molecule has 10 N–H and O–H groups in total. The van der Waals surface area contributed by atoms with Crippen molar-refractivity contribution in [1.29, 1.82) is 0 Å². The maximum absolute atomic E-state index is 14.2. The quantitative estimate of drug-likeness (QED) is 0.0163. The first-order valence-electron chi connectivity index (χ1n) is 23.7. The second-order valence-corrected chi connectivity index (χ2v) is 16.9. The zero-order chi connectivity index (χ0) is 48.0. The Labute approximate surface area is 405 Å². The lowest BCUT2D eigenvalue weighted by Gasteiger charge is -2.38. The van der Waals surface area contributed by atoms with Gasteiger partial charge in [0.25, 0.3) is 0 Å². The fourth-order valence-electron chi connectivity index (χ4n) is 7.83. The molecule has 378 valence electrons. The van der Waals surface area contributed by atoms with Crippen molar-refractivity contribution in [1.82, 2.24) is 54.7 Å². The van der Waals surface area contributed by atoms with Gasteiger partial charge in [-0.3, -0.25) is 26.0 Å². The Morgan fingerprint density at radius 1 is 0.838 bits per heavy atom. The number of anilines is 3. The topological polar surface area (TPSA) is 301 Å². The van der Waals surface area contributed by atoms with Crippen molar-refractivity contribution < 1.29 is 52.0 Å². The number of ether oxygens (including phenoxy) is 3. The fraction of sp³-hybridized carbons (Fsp3) is 0.721. The third-order valence-corrected chi connectivity index (χ3v) is 11.7. The molecule has 2 aliphatic heterocycles. The zero-order valence-electron chi connectivity index (χ0n) is 40.1. The summed E-state index contributed by atoms with van der Waals surface area (Å²) in [7, 11) is 0. The third-order valence-electron chi connectivity index (χ3n) is 11.7. The Bertz CT molecular complexity index is 2010. The molecule has 68 heavy (non-hydrogen) atoms. The van der Waals surface area contributed by atoms with Crippen molar-refractivity contribution in [3.05, 3.63) is 23.8 Å². The van der Waals surface area contributed by atoms with Gasteiger partial charge in [-0.15, -0.1) is 16.6 Å². The second-order valence-electron chi connectivity index (χ2n) is 16.9. The Hall–Kier alpha value is -5.45. The summed E-state index contributed by atoms with van der Waals surface area (Å²) in [5.74, 6) is 3.99. The smallest absolute Gasteiger partial charge is 0.338 e. The number of aliphatic hydroxyl groups excluding tert-OH is 1. The van der Waals surface area contributed by atoms with Gasteiger partial charge in [-0.25, -0.2) is 9.36 Å². The first kappa shape index (κ1) is 55.1. The number of nitrogens with one attached hydrogen (secondary N) is 2. The number of amides is 2. The van der Waals surface area contributed by atoms with E-state index in [4.69, 9.17) is 47.1 Å². The minimum atomic E-state index is -0.567. The van der Waals surface area contributed by atoms with E-state index in [9.17, 15) is 14.7 Å². The number of guanidine groups is 1. The summed E-state index contributed by atoms with van der Waals surface area (Å²) in [4.78, 5) is 53.8. The Kier molecular flexibility index (Phi) is 23.9. The molecular weight excluding hydrogens is 900 g/mol. The predicted octanol–water partition coefficient (Wildman–Crippen LogP) is -6.40. The largest absolute Gasteiger partial charge is 1.00 e. The number of aryl methyl sites for hydroxylation is 1. The first-order chi connectivity index (χ1) is 32.5. The molecule has 3 aromatic rings. The molecule has 5 heterocycles. The van der Waals surface area contributed by atoms with Crippen molar-refractivity contribution in [2.24, 2.45) is 17.4 Å². The number of hydrogen-bond acceptors (Lipinski definition) is 16. The van der Waals surface area contributed by atoms with E-state index in [0.29, 0.717) is 141 Å². The molecular formula is C43H74ClN18O6+. The number of rotatable bonds is 29. The van der Waals surface area contributed by atoms with E-state index in [1.54, 1.807) is 22.5 Å². The van der Waals surface area contributed by atoms with Gasteiger partial charge in [0.1, 0.15) is 18.7 Å².